The molecule has 0 radical (unpaired) electrons. The van der Waals surface area contributed by atoms with Crippen molar-refractivity contribution in [3.63, 3.8) is 0 Å². The van der Waals surface area contributed by atoms with E-state index in [1.54, 1.807) is 18.2 Å². The van der Waals surface area contributed by atoms with E-state index in [0.29, 0.717) is 5.52 Å². The van der Waals surface area contributed by atoms with Gasteiger partial charge in [0.05, 0.1) is 19.1 Å². The molecular formula is C14H12BrClFN7O4S2. The first-order chi connectivity index (χ1) is 14.0. The standard InChI is InChI=1S/C14H12BrClFN7O4S2/c1-28-7-4-2-3-6(9(7)25)21-11-8-10(20-5-19-8)22-12(23-11)13(18,30-24(26)27)29-14(15,16)17/h2-5,25H,18H2,1H3,(H2,19,20,21,22,23). The Labute approximate surface area is 189 Å². The lowest BCUT2D eigenvalue weighted by molar-refractivity contribution is -0.285. The van der Waals surface area contributed by atoms with Crippen LogP contribution in [0.25, 0.3) is 11.2 Å². The van der Waals surface area contributed by atoms with E-state index in [0.717, 1.165) is 0 Å². The summed E-state index contributed by atoms with van der Waals surface area (Å²) in [5.41, 5.74) is 6.70. The normalized spacial score (nSPS) is 15.4. The van der Waals surface area contributed by atoms with Gasteiger partial charge in [-0.05, 0) is 39.8 Å². The van der Waals surface area contributed by atoms with Crippen LogP contribution in [0.2, 0.25) is 0 Å². The number of hydrogen-bond acceptors (Lipinski definition) is 11. The van der Waals surface area contributed by atoms with E-state index in [1.807, 2.05) is 0 Å². The number of ether oxygens (including phenoxy) is 1. The number of methoxy groups -OCH3 is 1. The molecule has 16 heteroatoms. The number of alkyl halides is 3. The minimum atomic E-state index is -2.63. The highest BCUT2D eigenvalue weighted by atomic mass is 79.9. The molecule has 5 N–H and O–H groups in total. The molecule has 30 heavy (non-hydrogen) atoms. The van der Waals surface area contributed by atoms with Gasteiger partial charge in [-0.1, -0.05) is 17.7 Å². The number of imidazole rings is 1. The summed E-state index contributed by atoms with van der Waals surface area (Å²) in [7, 11) is 1.39. The Morgan fingerprint density at radius 1 is 1.50 bits per heavy atom. The van der Waals surface area contributed by atoms with Crippen LogP contribution in [0.5, 0.6) is 11.5 Å². The Bertz CT molecular complexity index is 1100. The summed E-state index contributed by atoms with van der Waals surface area (Å²) in [6, 6.07) is 4.71. The zero-order chi connectivity index (χ0) is 22.1. The number of phenolic OH excluding ortho intramolecular Hbond substituents is 1. The molecule has 1 aromatic carbocycles. The van der Waals surface area contributed by atoms with Gasteiger partial charge in [0, 0.05) is 0 Å². The predicted octanol–water partition coefficient (Wildman–Crippen LogP) is 3.75. The summed E-state index contributed by atoms with van der Waals surface area (Å²) >= 11 is 8.22. The van der Waals surface area contributed by atoms with E-state index in [2.05, 4.69) is 41.2 Å². The monoisotopic (exact) mass is 539 g/mol. The molecule has 0 fully saturated rings. The van der Waals surface area contributed by atoms with Crippen molar-refractivity contribution in [2.45, 2.75) is 7.57 Å². The van der Waals surface area contributed by atoms with Gasteiger partial charge in [-0.3, -0.25) is 15.8 Å². The molecule has 11 nitrogen and oxygen atoms in total. The number of phenols is 1. The van der Waals surface area contributed by atoms with Crippen molar-refractivity contribution in [1.29, 1.82) is 0 Å². The molecule has 0 aliphatic heterocycles. The van der Waals surface area contributed by atoms with E-state index in [4.69, 9.17) is 22.1 Å². The number of aromatic amines is 1. The molecule has 2 atom stereocenters. The molecule has 0 spiro atoms. The lowest BCUT2D eigenvalue weighted by Gasteiger charge is -2.24. The lowest BCUT2D eigenvalue weighted by atomic mass is 10.2. The fourth-order valence-electron chi connectivity index (χ4n) is 2.38. The number of fused-ring (bicyclic) bond motifs is 1. The van der Waals surface area contributed by atoms with Crippen LogP contribution in [-0.4, -0.2) is 39.9 Å². The SMILES string of the molecule is COc1cccc(Nc2nc(C(N)(S[N+](=O)[O-])SC(F)(Cl)Br)nc3nc[nH]c23)c1O. The van der Waals surface area contributed by atoms with Crippen molar-refractivity contribution in [2.75, 3.05) is 12.4 Å². The molecule has 2 heterocycles. The van der Waals surface area contributed by atoms with Crippen LogP contribution in [0.1, 0.15) is 5.82 Å². The van der Waals surface area contributed by atoms with Crippen molar-refractivity contribution < 1.29 is 18.6 Å². The summed E-state index contributed by atoms with van der Waals surface area (Å²) < 4.78 is 13.5. The molecular weight excluding hydrogens is 529 g/mol. The van der Waals surface area contributed by atoms with Crippen LogP contribution >= 0.6 is 51.2 Å². The smallest absolute Gasteiger partial charge is 0.287 e. The number of thioether (sulfide) groups is 1. The summed E-state index contributed by atoms with van der Waals surface area (Å²) in [5, 5.41) is 24.3. The number of halogens is 3. The molecule has 0 saturated carbocycles. The van der Waals surface area contributed by atoms with Crippen molar-refractivity contribution in [2.24, 2.45) is 5.73 Å². The molecule has 0 aliphatic rings. The number of rotatable bonds is 8. The van der Waals surface area contributed by atoms with Crippen LogP contribution in [-0.2, 0) is 4.20 Å². The molecule has 0 aliphatic carbocycles. The van der Waals surface area contributed by atoms with E-state index in [-0.39, 0.29) is 58.2 Å². The quantitative estimate of drug-likeness (QED) is 0.0820. The minimum absolute atomic E-state index is 0.0344. The van der Waals surface area contributed by atoms with Gasteiger partial charge in [0.2, 0.25) is 4.20 Å². The predicted molar refractivity (Wildman–Crippen MR) is 116 cm³/mol. The number of H-pyrrole nitrogens is 1. The maximum atomic E-state index is 14.0. The summed E-state index contributed by atoms with van der Waals surface area (Å²) in [6.45, 7) is 0. The van der Waals surface area contributed by atoms with Crippen LogP contribution < -0.4 is 15.8 Å². The topological polar surface area (TPSA) is 165 Å². The van der Waals surface area contributed by atoms with Crippen molar-refractivity contribution in [3.05, 3.63) is 40.5 Å². The van der Waals surface area contributed by atoms with Gasteiger partial charge in [0.25, 0.3) is 15.3 Å². The van der Waals surface area contributed by atoms with Gasteiger partial charge in [0.1, 0.15) is 9.85 Å². The van der Waals surface area contributed by atoms with Crippen molar-refractivity contribution >= 4 is 73.9 Å². The number of para-hydroxylation sites is 1. The zero-order valence-corrected chi connectivity index (χ0v) is 18.8. The Hall–Kier alpha value is -2.07. The first kappa shape index (κ1) is 22.6. The second-order valence-electron chi connectivity index (χ2n) is 5.51. The number of nitro groups is 1. The Kier molecular flexibility index (Phi) is 6.47. The van der Waals surface area contributed by atoms with Crippen molar-refractivity contribution in [3.8, 4) is 11.5 Å². The molecule has 3 aromatic rings. The van der Waals surface area contributed by atoms with Gasteiger partial charge < -0.3 is 20.1 Å². The van der Waals surface area contributed by atoms with E-state index in [1.165, 1.54) is 13.4 Å². The average molecular weight is 541 g/mol. The third-order valence-corrected chi connectivity index (χ3v) is 6.06. The third kappa shape index (κ3) is 4.97. The molecule has 0 bridgehead atoms. The maximum absolute atomic E-state index is 14.0. The number of aromatic nitrogens is 4. The van der Waals surface area contributed by atoms with Gasteiger partial charge in [0.15, 0.2) is 28.8 Å². The molecule has 3 rings (SSSR count). The Morgan fingerprint density at radius 2 is 2.23 bits per heavy atom. The Morgan fingerprint density at radius 3 is 2.87 bits per heavy atom. The third-order valence-electron chi connectivity index (χ3n) is 3.55. The maximum Gasteiger partial charge on any atom is 0.287 e. The number of benzene rings is 1. The summed E-state index contributed by atoms with van der Waals surface area (Å²) in [5.74, 6) is -0.263. The fraction of sp³-hybridized carbons (Fsp3) is 0.214. The number of anilines is 2. The van der Waals surface area contributed by atoms with Gasteiger partial charge >= 0.3 is 0 Å². The average Bonchev–Trinajstić information content (AvgIpc) is 3.10. The van der Waals surface area contributed by atoms with E-state index >= 15 is 0 Å². The molecule has 2 aromatic heterocycles. The highest BCUT2D eigenvalue weighted by Gasteiger charge is 2.48. The van der Waals surface area contributed by atoms with Crippen molar-refractivity contribution in [1.82, 2.24) is 19.9 Å². The highest BCUT2D eigenvalue weighted by molar-refractivity contribution is 9.12. The number of nitrogens with two attached hydrogens (primary N) is 1. The van der Waals surface area contributed by atoms with Crippen LogP contribution in [0.3, 0.4) is 0 Å². The number of aromatic hydroxyl groups is 1. The second kappa shape index (κ2) is 8.58. The van der Waals surface area contributed by atoms with Crippen LogP contribution in [0.4, 0.5) is 15.9 Å². The zero-order valence-electron chi connectivity index (χ0n) is 14.8. The van der Waals surface area contributed by atoms with E-state index < -0.39 is 11.9 Å². The lowest BCUT2D eigenvalue weighted by Crippen LogP contribution is -2.35. The molecule has 0 saturated heterocycles. The van der Waals surface area contributed by atoms with Crippen LogP contribution in [0, 0.1) is 10.1 Å². The fourth-order valence-corrected chi connectivity index (χ4v) is 5.57. The summed E-state index contributed by atoms with van der Waals surface area (Å²) in [6.07, 6.45) is 1.32. The first-order valence-corrected chi connectivity index (χ1v) is 10.5. The van der Waals surface area contributed by atoms with Crippen LogP contribution in [0.15, 0.2) is 24.5 Å². The van der Waals surface area contributed by atoms with E-state index in [9.17, 15) is 19.6 Å². The molecule has 2 unspecified atom stereocenters. The molecule has 0 amide bonds. The molecule has 160 valence electrons. The number of nitrogens with one attached hydrogen (secondary N) is 2. The highest BCUT2D eigenvalue weighted by Crippen LogP contribution is 2.52. The van der Waals surface area contributed by atoms with Gasteiger partial charge in [-0.2, -0.15) is 0 Å². The minimum Gasteiger partial charge on any atom is -0.503 e. The largest absolute Gasteiger partial charge is 0.503 e. The Balaban J connectivity index is 2.13. The van der Waals surface area contributed by atoms with Gasteiger partial charge in [-0.15, -0.1) is 0 Å². The first-order valence-electron chi connectivity index (χ1n) is 7.76. The second-order valence-corrected chi connectivity index (χ2v) is 11.1. The number of hydrogen-bond donors (Lipinski definition) is 4. The number of nitrogens with zero attached hydrogens (tertiary/aromatic N) is 4. The summed E-state index contributed by atoms with van der Waals surface area (Å²) in [4.78, 5) is 26.3. The van der Waals surface area contributed by atoms with Gasteiger partial charge in [-0.25, -0.2) is 19.3 Å².